The standard InChI is InChI=1S/C27H29N7O6S/c1-18-19(2)31-40-27(18)33(17-38-14-13-37-4)41(35,36)25-8-6-5-7-24(25)23-10-9-21(26-28-11-12-39-26)15-22(23)16-34-30-20(3)29-32-34/h5-12,15H,13-14,16-17H2,1-4H3. The summed E-state index contributed by atoms with van der Waals surface area (Å²) in [6.45, 7) is 5.65. The lowest BCUT2D eigenvalue weighted by atomic mass is 9.97. The van der Waals surface area contributed by atoms with Crippen LogP contribution in [0.3, 0.4) is 0 Å². The summed E-state index contributed by atoms with van der Waals surface area (Å²) in [7, 11) is -2.67. The highest BCUT2D eigenvalue weighted by Gasteiger charge is 2.33. The van der Waals surface area contributed by atoms with Crippen molar-refractivity contribution in [2.24, 2.45) is 0 Å². The maximum atomic E-state index is 14.3. The number of nitrogens with zero attached hydrogens (tertiary/aromatic N) is 7. The average Bonchev–Trinajstić information content (AvgIpc) is 3.72. The summed E-state index contributed by atoms with van der Waals surface area (Å²) in [5.74, 6) is 1.02. The number of aryl methyl sites for hydroxylation is 2. The van der Waals surface area contributed by atoms with Crippen molar-refractivity contribution in [1.29, 1.82) is 0 Å². The molecule has 3 aromatic heterocycles. The Morgan fingerprint density at radius 1 is 1.05 bits per heavy atom. The number of rotatable bonds is 12. The lowest BCUT2D eigenvalue weighted by Crippen LogP contribution is -2.34. The molecule has 0 unspecified atom stereocenters. The average molecular weight is 580 g/mol. The first kappa shape index (κ1) is 28.1. The summed E-state index contributed by atoms with van der Waals surface area (Å²) >= 11 is 0. The first-order valence-corrected chi connectivity index (χ1v) is 14.1. The first-order valence-electron chi connectivity index (χ1n) is 12.7. The van der Waals surface area contributed by atoms with Gasteiger partial charge in [-0.25, -0.2) is 17.7 Å². The molecule has 3 heterocycles. The number of aromatic nitrogens is 6. The number of ether oxygens (including phenoxy) is 2. The Labute approximate surface area is 236 Å². The molecule has 214 valence electrons. The molecule has 0 amide bonds. The van der Waals surface area contributed by atoms with Crippen LogP contribution in [0.15, 0.2) is 68.8 Å². The van der Waals surface area contributed by atoms with Crippen molar-refractivity contribution in [3.8, 4) is 22.6 Å². The summed E-state index contributed by atoms with van der Waals surface area (Å²) in [6.07, 6.45) is 3.05. The second kappa shape index (κ2) is 12.0. The molecule has 5 rings (SSSR count). The third kappa shape index (κ3) is 5.89. The Morgan fingerprint density at radius 3 is 2.56 bits per heavy atom. The smallest absolute Gasteiger partial charge is 0.269 e. The molecule has 0 radical (unpaired) electrons. The molecule has 0 aliphatic heterocycles. The molecule has 0 aliphatic carbocycles. The normalized spacial score (nSPS) is 11.7. The fraction of sp³-hybridized carbons (Fsp3) is 0.296. The topological polar surface area (TPSA) is 152 Å². The lowest BCUT2D eigenvalue weighted by Gasteiger charge is -2.24. The van der Waals surface area contributed by atoms with E-state index in [1.807, 2.05) is 18.2 Å². The number of tetrazole rings is 1. The number of hydrogen-bond acceptors (Lipinski definition) is 11. The molecule has 0 N–H and O–H groups in total. The number of sulfonamides is 1. The molecule has 0 aliphatic rings. The molecular formula is C27H29N7O6S. The molecular weight excluding hydrogens is 550 g/mol. The van der Waals surface area contributed by atoms with Crippen LogP contribution in [0, 0.1) is 20.8 Å². The zero-order valence-electron chi connectivity index (χ0n) is 23.0. The number of hydrogen-bond donors (Lipinski definition) is 0. The minimum atomic E-state index is -4.22. The van der Waals surface area contributed by atoms with Crippen molar-refractivity contribution < 1.29 is 26.8 Å². The first-order chi connectivity index (χ1) is 19.8. The highest BCUT2D eigenvalue weighted by Crippen LogP contribution is 2.36. The van der Waals surface area contributed by atoms with E-state index < -0.39 is 10.0 Å². The molecule has 13 nitrogen and oxygen atoms in total. The van der Waals surface area contributed by atoms with Gasteiger partial charge in [0.1, 0.15) is 13.0 Å². The van der Waals surface area contributed by atoms with E-state index in [-0.39, 0.29) is 30.7 Å². The molecule has 0 bridgehead atoms. The van der Waals surface area contributed by atoms with Crippen LogP contribution < -0.4 is 4.31 Å². The predicted octanol–water partition coefficient (Wildman–Crippen LogP) is 3.77. The highest BCUT2D eigenvalue weighted by atomic mass is 32.2. The molecule has 2 aromatic carbocycles. The summed E-state index contributed by atoms with van der Waals surface area (Å²) < 4.78 is 51.4. The second-order valence-corrected chi connectivity index (χ2v) is 11.0. The van der Waals surface area contributed by atoms with Crippen molar-refractivity contribution in [2.75, 3.05) is 31.4 Å². The predicted molar refractivity (Wildman–Crippen MR) is 147 cm³/mol. The largest absolute Gasteiger partial charge is 0.445 e. The van der Waals surface area contributed by atoms with Crippen molar-refractivity contribution in [2.45, 2.75) is 32.2 Å². The Bertz CT molecular complexity index is 1730. The Kier molecular flexibility index (Phi) is 8.23. The number of benzene rings is 2. The van der Waals surface area contributed by atoms with E-state index >= 15 is 0 Å². The van der Waals surface area contributed by atoms with Crippen LogP contribution in [-0.2, 0) is 26.0 Å². The van der Waals surface area contributed by atoms with Gasteiger partial charge in [0, 0.05) is 23.8 Å². The van der Waals surface area contributed by atoms with E-state index in [0.29, 0.717) is 46.3 Å². The van der Waals surface area contributed by atoms with E-state index in [1.165, 1.54) is 11.1 Å². The van der Waals surface area contributed by atoms with E-state index in [0.717, 1.165) is 9.87 Å². The lowest BCUT2D eigenvalue weighted by molar-refractivity contribution is 0.0744. The van der Waals surface area contributed by atoms with E-state index in [2.05, 4.69) is 25.6 Å². The second-order valence-electron chi connectivity index (χ2n) is 9.15. The van der Waals surface area contributed by atoms with Crippen LogP contribution in [0.5, 0.6) is 0 Å². The number of anilines is 1. The van der Waals surface area contributed by atoms with E-state index in [4.69, 9.17) is 18.4 Å². The van der Waals surface area contributed by atoms with Crippen LogP contribution in [-0.4, -0.2) is 65.8 Å². The fourth-order valence-corrected chi connectivity index (χ4v) is 5.77. The van der Waals surface area contributed by atoms with Crippen LogP contribution in [0.25, 0.3) is 22.6 Å². The zero-order valence-corrected chi connectivity index (χ0v) is 23.8. The zero-order chi connectivity index (χ0) is 29.0. The van der Waals surface area contributed by atoms with Crippen molar-refractivity contribution >= 4 is 15.9 Å². The van der Waals surface area contributed by atoms with Gasteiger partial charge in [0.25, 0.3) is 10.0 Å². The Morgan fingerprint density at radius 2 is 1.88 bits per heavy atom. The van der Waals surface area contributed by atoms with Gasteiger partial charge in [-0.1, -0.05) is 29.4 Å². The number of oxazole rings is 1. The van der Waals surface area contributed by atoms with Crippen molar-refractivity contribution in [3.05, 3.63) is 77.6 Å². The summed E-state index contributed by atoms with van der Waals surface area (Å²) in [6, 6.07) is 12.3. The van der Waals surface area contributed by atoms with Gasteiger partial charge in [-0.2, -0.15) is 4.80 Å². The summed E-state index contributed by atoms with van der Waals surface area (Å²) in [4.78, 5) is 5.75. The third-order valence-corrected chi connectivity index (χ3v) is 8.16. The van der Waals surface area contributed by atoms with Crippen LogP contribution in [0.2, 0.25) is 0 Å². The van der Waals surface area contributed by atoms with Gasteiger partial charge in [0.15, 0.2) is 5.82 Å². The molecule has 0 saturated carbocycles. The Balaban J connectivity index is 1.62. The fourth-order valence-electron chi connectivity index (χ4n) is 4.22. The molecule has 14 heteroatoms. The van der Waals surface area contributed by atoms with Gasteiger partial charge in [-0.15, -0.1) is 10.2 Å². The minimum absolute atomic E-state index is 0.0525. The molecule has 41 heavy (non-hydrogen) atoms. The van der Waals surface area contributed by atoms with Gasteiger partial charge in [-0.05, 0) is 55.3 Å². The summed E-state index contributed by atoms with van der Waals surface area (Å²) in [5.41, 5.74) is 3.73. The van der Waals surface area contributed by atoms with E-state index in [1.54, 1.807) is 58.3 Å². The molecule has 0 saturated heterocycles. The van der Waals surface area contributed by atoms with Gasteiger partial charge >= 0.3 is 0 Å². The third-order valence-electron chi connectivity index (χ3n) is 6.39. The number of methoxy groups -OCH3 is 1. The van der Waals surface area contributed by atoms with Crippen LogP contribution in [0.1, 0.15) is 22.6 Å². The quantitative estimate of drug-likeness (QED) is 0.157. The van der Waals surface area contributed by atoms with Gasteiger partial charge < -0.3 is 18.4 Å². The molecule has 0 atom stereocenters. The SMILES string of the molecule is COCCOCN(c1onc(C)c1C)S(=O)(=O)c1ccccc1-c1ccc(-c2ncco2)cc1Cn1nnc(C)n1. The molecule has 0 fully saturated rings. The monoisotopic (exact) mass is 579 g/mol. The van der Waals surface area contributed by atoms with Crippen LogP contribution in [0.4, 0.5) is 5.88 Å². The van der Waals surface area contributed by atoms with Crippen molar-refractivity contribution in [3.63, 3.8) is 0 Å². The minimum Gasteiger partial charge on any atom is -0.445 e. The highest BCUT2D eigenvalue weighted by molar-refractivity contribution is 7.93. The van der Waals surface area contributed by atoms with Gasteiger partial charge in [-0.3, -0.25) is 0 Å². The maximum Gasteiger partial charge on any atom is 0.269 e. The molecule has 0 spiro atoms. The van der Waals surface area contributed by atoms with Crippen LogP contribution >= 0.6 is 0 Å². The maximum absolute atomic E-state index is 14.3. The molecule has 5 aromatic rings. The van der Waals surface area contributed by atoms with Crippen molar-refractivity contribution in [1.82, 2.24) is 30.3 Å². The van der Waals surface area contributed by atoms with Gasteiger partial charge in [0.2, 0.25) is 11.8 Å². The Hall–Kier alpha value is -4.40. The van der Waals surface area contributed by atoms with Gasteiger partial charge in [0.05, 0.1) is 36.5 Å². The van der Waals surface area contributed by atoms with E-state index in [9.17, 15) is 8.42 Å². The summed E-state index contributed by atoms with van der Waals surface area (Å²) in [5, 5.41) is 16.3.